The SMILES string of the molecule is CC1[C@@H](NC(=O)[C@@H]2[C@H]([C@H](C)O)C(CO)ON2Cc2cccc(-c3ccc(NCCCN(C)C)cc3)c2)C[C@@H]2C[C@H]1C2(C)C. The van der Waals surface area contributed by atoms with Crippen LogP contribution in [0, 0.1) is 29.1 Å². The monoisotopic (exact) mass is 592 g/mol. The fourth-order valence-electron chi connectivity index (χ4n) is 7.92. The van der Waals surface area contributed by atoms with Crippen LogP contribution in [0.1, 0.15) is 52.5 Å². The molecule has 4 N–H and O–H groups in total. The number of nitrogens with zero attached hydrogens (tertiary/aromatic N) is 2. The number of fused-ring (bicyclic) bond motifs is 2. The molecular formula is C35H52N4O4. The van der Waals surface area contributed by atoms with Gasteiger partial charge in [0.15, 0.2) is 0 Å². The van der Waals surface area contributed by atoms with E-state index in [4.69, 9.17) is 4.84 Å². The molecule has 0 spiro atoms. The van der Waals surface area contributed by atoms with E-state index in [1.54, 1.807) is 12.0 Å². The van der Waals surface area contributed by atoms with Gasteiger partial charge in [0.25, 0.3) is 0 Å². The first-order valence-corrected chi connectivity index (χ1v) is 16.1. The molecule has 8 nitrogen and oxygen atoms in total. The van der Waals surface area contributed by atoms with E-state index in [0.29, 0.717) is 29.7 Å². The number of aliphatic hydroxyl groups excluding tert-OH is 2. The van der Waals surface area contributed by atoms with Gasteiger partial charge in [0.1, 0.15) is 12.1 Å². The zero-order chi connectivity index (χ0) is 30.9. The third-order valence-electron chi connectivity index (χ3n) is 10.7. The van der Waals surface area contributed by atoms with Crippen LogP contribution in [0.3, 0.4) is 0 Å². The number of carbonyl (C=O) groups excluding carboxylic acids is 1. The summed E-state index contributed by atoms with van der Waals surface area (Å²) in [5.74, 6) is 0.984. The van der Waals surface area contributed by atoms with Crippen molar-refractivity contribution in [3.63, 3.8) is 0 Å². The lowest BCUT2D eigenvalue weighted by Gasteiger charge is -2.62. The summed E-state index contributed by atoms with van der Waals surface area (Å²) >= 11 is 0. The first-order chi connectivity index (χ1) is 20.5. The van der Waals surface area contributed by atoms with Crippen LogP contribution in [0.2, 0.25) is 0 Å². The van der Waals surface area contributed by atoms with E-state index in [-0.39, 0.29) is 18.6 Å². The molecule has 1 aliphatic heterocycles. The smallest absolute Gasteiger partial charge is 0.240 e. The highest BCUT2D eigenvalue weighted by molar-refractivity contribution is 5.83. The van der Waals surface area contributed by atoms with Crippen molar-refractivity contribution in [3.05, 3.63) is 54.1 Å². The molecule has 43 heavy (non-hydrogen) atoms. The predicted octanol–water partition coefficient (Wildman–Crippen LogP) is 4.38. The normalized spacial score (nSPS) is 30.6. The minimum absolute atomic E-state index is 0.114. The Bertz CT molecular complexity index is 1230. The van der Waals surface area contributed by atoms with Crippen LogP contribution in [0.4, 0.5) is 5.69 Å². The summed E-state index contributed by atoms with van der Waals surface area (Å²) in [4.78, 5) is 22.3. The summed E-state index contributed by atoms with van der Waals surface area (Å²) in [5.41, 5.74) is 4.63. The Morgan fingerprint density at radius 2 is 1.88 bits per heavy atom. The van der Waals surface area contributed by atoms with Gasteiger partial charge in [0.2, 0.25) is 5.91 Å². The van der Waals surface area contributed by atoms with Crippen molar-refractivity contribution in [2.24, 2.45) is 29.1 Å². The average Bonchev–Trinajstić information content (AvgIpc) is 3.35. The van der Waals surface area contributed by atoms with Crippen molar-refractivity contribution in [2.75, 3.05) is 39.1 Å². The Balaban J connectivity index is 1.28. The van der Waals surface area contributed by atoms with Gasteiger partial charge in [-0.1, -0.05) is 51.1 Å². The minimum Gasteiger partial charge on any atom is -0.394 e. The van der Waals surface area contributed by atoms with Crippen LogP contribution < -0.4 is 10.6 Å². The molecule has 2 bridgehead atoms. The maximum absolute atomic E-state index is 13.9. The lowest BCUT2D eigenvalue weighted by molar-refractivity contribution is -0.183. The number of benzene rings is 2. The number of nitrogens with one attached hydrogen (secondary N) is 2. The molecule has 8 atom stereocenters. The molecule has 8 heteroatoms. The Kier molecular flexibility index (Phi) is 9.83. The summed E-state index contributed by atoms with van der Waals surface area (Å²) in [6.07, 6.45) is 1.86. The Hall–Kier alpha value is -2.49. The van der Waals surface area contributed by atoms with E-state index in [0.717, 1.165) is 48.3 Å². The van der Waals surface area contributed by atoms with Crippen molar-refractivity contribution in [1.29, 1.82) is 0 Å². The second-order valence-electron chi connectivity index (χ2n) is 14.1. The van der Waals surface area contributed by atoms with Gasteiger partial charge in [-0.05, 0) is 105 Å². The van der Waals surface area contributed by atoms with Crippen molar-refractivity contribution >= 4 is 11.6 Å². The lowest BCUT2D eigenvalue weighted by atomic mass is 9.45. The van der Waals surface area contributed by atoms with Gasteiger partial charge in [-0.25, -0.2) is 0 Å². The van der Waals surface area contributed by atoms with Crippen molar-refractivity contribution in [1.82, 2.24) is 15.3 Å². The molecule has 2 aromatic rings. The van der Waals surface area contributed by atoms with Gasteiger partial charge < -0.3 is 25.7 Å². The van der Waals surface area contributed by atoms with Gasteiger partial charge in [-0.2, -0.15) is 5.06 Å². The zero-order valence-electron chi connectivity index (χ0n) is 26.8. The van der Waals surface area contributed by atoms with E-state index >= 15 is 0 Å². The molecule has 1 heterocycles. The van der Waals surface area contributed by atoms with E-state index in [1.165, 1.54) is 6.42 Å². The van der Waals surface area contributed by atoms with Crippen molar-refractivity contribution in [3.8, 4) is 11.1 Å². The van der Waals surface area contributed by atoms with Gasteiger partial charge in [0, 0.05) is 24.2 Å². The van der Waals surface area contributed by atoms with Crippen LogP contribution in [0.5, 0.6) is 0 Å². The molecule has 3 aliphatic carbocycles. The largest absolute Gasteiger partial charge is 0.394 e. The predicted molar refractivity (Wildman–Crippen MR) is 171 cm³/mol. The Morgan fingerprint density at radius 1 is 1.14 bits per heavy atom. The van der Waals surface area contributed by atoms with Gasteiger partial charge >= 0.3 is 0 Å². The number of hydrogen-bond acceptors (Lipinski definition) is 7. The number of hydroxylamine groups is 2. The second kappa shape index (κ2) is 13.2. The number of rotatable bonds is 12. The Labute approximate surface area is 257 Å². The molecule has 2 aromatic carbocycles. The topological polar surface area (TPSA) is 97.3 Å². The van der Waals surface area contributed by atoms with Gasteiger partial charge in [-0.15, -0.1) is 0 Å². The molecule has 6 rings (SSSR count). The summed E-state index contributed by atoms with van der Waals surface area (Å²) in [5, 5.41) is 29.4. The van der Waals surface area contributed by atoms with Crippen molar-refractivity contribution < 1.29 is 19.8 Å². The molecule has 4 fully saturated rings. The number of hydrogen-bond donors (Lipinski definition) is 4. The highest BCUT2D eigenvalue weighted by Gasteiger charge is 2.57. The quantitative estimate of drug-likeness (QED) is 0.272. The fraction of sp³-hybridized carbons (Fsp3) is 0.629. The summed E-state index contributed by atoms with van der Waals surface area (Å²) in [6.45, 7) is 10.7. The molecule has 1 amide bonds. The summed E-state index contributed by atoms with van der Waals surface area (Å²) in [6, 6.07) is 16.2. The zero-order valence-corrected chi connectivity index (χ0v) is 26.8. The molecule has 0 radical (unpaired) electrons. The standard InChI is InChI=1S/C35H52N4O4/c1-22-29-18-27(35(29,3)4)19-30(22)37-34(42)33-32(23(2)41)31(21-40)43-39(33)20-24-9-7-10-26(17-24)25-11-13-28(14-12-25)36-15-8-16-38(5)6/h7,9-14,17,22-23,27,29-33,36,40-41H,8,15-16,18-21H2,1-6H3,(H,37,42)/t22?,23-,27-,29+,30-,31?,32+,33-/m0/s1. The molecular weight excluding hydrogens is 540 g/mol. The maximum Gasteiger partial charge on any atom is 0.240 e. The molecule has 236 valence electrons. The molecule has 2 unspecified atom stereocenters. The first-order valence-electron chi connectivity index (χ1n) is 16.1. The van der Waals surface area contributed by atoms with Crippen LogP contribution in [0.15, 0.2) is 48.5 Å². The average molecular weight is 593 g/mol. The third kappa shape index (κ3) is 6.79. The van der Waals surface area contributed by atoms with E-state index in [2.05, 4.69) is 86.8 Å². The third-order valence-corrected chi connectivity index (χ3v) is 10.7. The van der Waals surface area contributed by atoms with Crippen molar-refractivity contribution in [2.45, 2.75) is 77.8 Å². The van der Waals surface area contributed by atoms with Crippen LogP contribution in [-0.4, -0.2) is 84.2 Å². The van der Waals surface area contributed by atoms with Gasteiger partial charge in [0.05, 0.1) is 19.3 Å². The van der Waals surface area contributed by atoms with Gasteiger partial charge in [-0.3, -0.25) is 9.63 Å². The highest BCUT2D eigenvalue weighted by Crippen LogP contribution is 2.61. The number of aliphatic hydroxyl groups is 2. The van der Waals surface area contributed by atoms with E-state index in [9.17, 15) is 15.0 Å². The van der Waals surface area contributed by atoms with E-state index < -0.39 is 24.2 Å². The van der Waals surface area contributed by atoms with E-state index in [1.807, 2.05) is 12.1 Å². The molecule has 4 aliphatic rings. The number of carbonyl (C=O) groups is 1. The minimum atomic E-state index is -0.810. The summed E-state index contributed by atoms with van der Waals surface area (Å²) < 4.78 is 0. The number of anilines is 1. The highest BCUT2D eigenvalue weighted by atomic mass is 16.7. The molecule has 1 saturated heterocycles. The maximum atomic E-state index is 13.9. The van der Waals surface area contributed by atoms with Crippen LogP contribution in [-0.2, 0) is 16.2 Å². The molecule has 3 saturated carbocycles. The fourth-order valence-corrected chi connectivity index (χ4v) is 7.92. The lowest BCUT2D eigenvalue weighted by Crippen LogP contribution is -2.62. The first kappa shape index (κ1) is 31.9. The van der Waals surface area contributed by atoms with Crippen LogP contribution in [0.25, 0.3) is 11.1 Å². The number of amides is 1. The van der Waals surface area contributed by atoms with Crippen LogP contribution >= 0.6 is 0 Å². The Morgan fingerprint density at radius 3 is 2.51 bits per heavy atom. The molecule has 0 aromatic heterocycles. The summed E-state index contributed by atoms with van der Waals surface area (Å²) in [7, 11) is 4.18. The second-order valence-corrected chi connectivity index (χ2v) is 14.1.